The van der Waals surface area contributed by atoms with Gasteiger partial charge >= 0.3 is 0 Å². The molecule has 2 aromatic rings. The Hall–Kier alpha value is -1.55. The van der Waals surface area contributed by atoms with Gasteiger partial charge in [-0.25, -0.2) is 0 Å². The molecule has 80 valence electrons. The van der Waals surface area contributed by atoms with Crippen molar-refractivity contribution in [2.45, 2.75) is 25.9 Å². The molecule has 4 heteroatoms. The molecule has 0 bridgehead atoms. The average Bonchev–Trinajstić information content (AvgIpc) is 2.46. The van der Waals surface area contributed by atoms with Crippen molar-refractivity contribution in [2.24, 2.45) is 5.73 Å². The summed E-state index contributed by atoms with van der Waals surface area (Å²) in [4.78, 5) is 0. The summed E-state index contributed by atoms with van der Waals surface area (Å²) in [6.45, 7) is 4.64. The third-order valence-electron chi connectivity index (χ3n) is 2.23. The molecule has 1 aromatic carbocycles. The van der Waals surface area contributed by atoms with Gasteiger partial charge in [0.05, 0.1) is 18.3 Å². The monoisotopic (exact) mass is 204 g/mol. The second-order valence-electron chi connectivity index (χ2n) is 4.61. The third kappa shape index (κ3) is 2.10. The maximum Gasteiger partial charge on any atom is 0.0703 e. The van der Waals surface area contributed by atoms with Crippen molar-refractivity contribution in [1.82, 2.24) is 9.78 Å². The summed E-state index contributed by atoms with van der Waals surface area (Å²) >= 11 is 0. The van der Waals surface area contributed by atoms with Crippen molar-refractivity contribution in [2.75, 3.05) is 5.73 Å². The van der Waals surface area contributed by atoms with E-state index in [4.69, 9.17) is 11.5 Å². The van der Waals surface area contributed by atoms with Gasteiger partial charge in [-0.3, -0.25) is 4.68 Å². The molecule has 0 aliphatic carbocycles. The summed E-state index contributed by atoms with van der Waals surface area (Å²) in [7, 11) is 0. The molecule has 2 rings (SSSR count). The van der Waals surface area contributed by atoms with Crippen LogP contribution in [0.15, 0.2) is 24.4 Å². The van der Waals surface area contributed by atoms with E-state index in [0.717, 1.165) is 16.6 Å². The number of fused-ring (bicyclic) bond motifs is 1. The fraction of sp³-hybridized carbons (Fsp3) is 0.364. The van der Waals surface area contributed by atoms with E-state index >= 15 is 0 Å². The summed E-state index contributed by atoms with van der Waals surface area (Å²) in [5.41, 5.74) is 13.2. The van der Waals surface area contributed by atoms with Crippen LogP contribution in [0.3, 0.4) is 0 Å². The zero-order valence-corrected chi connectivity index (χ0v) is 9.07. The molecule has 0 aliphatic heterocycles. The molecule has 15 heavy (non-hydrogen) atoms. The molecule has 0 saturated heterocycles. The second-order valence-corrected chi connectivity index (χ2v) is 4.61. The number of aromatic nitrogens is 2. The Kier molecular flexibility index (Phi) is 2.16. The van der Waals surface area contributed by atoms with E-state index in [1.54, 1.807) is 0 Å². The highest BCUT2D eigenvalue weighted by molar-refractivity contribution is 5.81. The second kappa shape index (κ2) is 3.24. The van der Waals surface area contributed by atoms with Crippen LogP contribution in [0.1, 0.15) is 13.8 Å². The fourth-order valence-electron chi connectivity index (χ4n) is 1.60. The molecular weight excluding hydrogens is 188 g/mol. The first-order valence-electron chi connectivity index (χ1n) is 4.96. The molecule has 1 aromatic heterocycles. The lowest BCUT2D eigenvalue weighted by Gasteiger charge is -2.18. The minimum atomic E-state index is -0.274. The highest BCUT2D eigenvalue weighted by atomic mass is 15.3. The van der Waals surface area contributed by atoms with Crippen LogP contribution in [0.4, 0.5) is 5.69 Å². The van der Waals surface area contributed by atoms with Crippen LogP contribution in [0.5, 0.6) is 0 Å². The minimum absolute atomic E-state index is 0.274. The van der Waals surface area contributed by atoms with Gasteiger partial charge in [0.25, 0.3) is 0 Å². The Balaban J connectivity index is 2.48. The quantitative estimate of drug-likeness (QED) is 0.725. The predicted octanol–water partition coefficient (Wildman–Crippen LogP) is 1.36. The molecule has 0 radical (unpaired) electrons. The number of nitrogens with two attached hydrogens (primary N) is 2. The lowest BCUT2D eigenvalue weighted by molar-refractivity contribution is 0.416. The first-order valence-corrected chi connectivity index (χ1v) is 4.96. The van der Waals surface area contributed by atoms with Crippen molar-refractivity contribution in [1.29, 1.82) is 0 Å². The predicted molar refractivity (Wildman–Crippen MR) is 62.4 cm³/mol. The van der Waals surface area contributed by atoms with Crippen molar-refractivity contribution in [3.05, 3.63) is 24.4 Å². The summed E-state index contributed by atoms with van der Waals surface area (Å²) in [6.07, 6.45) is 1.83. The largest absolute Gasteiger partial charge is 0.399 e. The van der Waals surface area contributed by atoms with E-state index in [0.29, 0.717) is 6.54 Å². The molecule has 0 amide bonds. The Morgan fingerprint density at radius 3 is 2.80 bits per heavy atom. The van der Waals surface area contributed by atoms with Gasteiger partial charge in [-0.05, 0) is 32.0 Å². The van der Waals surface area contributed by atoms with Gasteiger partial charge in [0.1, 0.15) is 0 Å². The molecule has 0 spiro atoms. The Bertz CT molecular complexity index is 479. The van der Waals surface area contributed by atoms with E-state index in [2.05, 4.69) is 5.10 Å². The normalized spacial score (nSPS) is 12.2. The summed E-state index contributed by atoms with van der Waals surface area (Å²) in [6, 6.07) is 5.77. The zero-order valence-electron chi connectivity index (χ0n) is 9.07. The molecule has 0 unspecified atom stereocenters. The first-order chi connectivity index (χ1) is 6.96. The lowest BCUT2D eigenvalue weighted by atomic mass is 10.1. The van der Waals surface area contributed by atoms with Gasteiger partial charge in [0, 0.05) is 16.6 Å². The first kappa shape index (κ1) is 9.98. The molecule has 0 aliphatic rings. The van der Waals surface area contributed by atoms with Crippen molar-refractivity contribution < 1.29 is 0 Å². The summed E-state index contributed by atoms with van der Waals surface area (Å²) in [5, 5.41) is 5.39. The van der Waals surface area contributed by atoms with Crippen LogP contribution in [-0.2, 0) is 6.54 Å². The van der Waals surface area contributed by atoms with Gasteiger partial charge in [0.15, 0.2) is 0 Å². The van der Waals surface area contributed by atoms with Gasteiger partial charge in [-0.1, -0.05) is 0 Å². The number of benzene rings is 1. The number of rotatable bonds is 2. The fourth-order valence-corrected chi connectivity index (χ4v) is 1.60. The van der Waals surface area contributed by atoms with E-state index in [-0.39, 0.29) is 5.54 Å². The van der Waals surface area contributed by atoms with Crippen molar-refractivity contribution >= 4 is 16.6 Å². The maximum atomic E-state index is 5.96. The van der Waals surface area contributed by atoms with Crippen LogP contribution in [0, 0.1) is 0 Å². The number of nitrogens with zero attached hydrogens (tertiary/aromatic N) is 2. The van der Waals surface area contributed by atoms with Gasteiger partial charge < -0.3 is 11.5 Å². The Labute approximate surface area is 88.9 Å². The Morgan fingerprint density at radius 2 is 2.13 bits per heavy atom. The summed E-state index contributed by atoms with van der Waals surface area (Å²) < 4.78 is 1.89. The number of anilines is 1. The molecular formula is C11H16N4. The smallest absolute Gasteiger partial charge is 0.0703 e. The standard InChI is InChI=1S/C11H16N4/c1-11(2,13)7-15-10-5-9(12)4-3-8(10)6-14-15/h3-6H,7,12-13H2,1-2H3. The highest BCUT2D eigenvalue weighted by Crippen LogP contribution is 2.18. The molecule has 4 nitrogen and oxygen atoms in total. The lowest BCUT2D eigenvalue weighted by Crippen LogP contribution is -2.37. The van der Waals surface area contributed by atoms with Crippen LogP contribution >= 0.6 is 0 Å². The van der Waals surface area contributed by atoms with Gasteiger partial charge in [-0.2, -0.15) is 5.10 Å². The number of nitrogen functional groups attached to an aromatic ring is 1. The highest BCUT2D eigenvalue weighted by Gasteiger charge is 2.13. The molecule has 4 N–H and O–H groups in total. The van der Waals surface area contributed by atoms with Crippen LogP contribution in [-0.4, -0.2) is 15.3 Å². The third-order valence-corrected chi connectivity index (χ3v) is 2.23. The van der Waals surface area contributed by atoms with Gasteiger partial charge in [0.2, 0.25) is 0 Å². The zero-order chi connectivity index (χ0) is 11.1. The van der Waals surface area contributed by atoms with Gasteiger partial charge in [-0.15, -0.1) is 0 Å². The van der Waals surface area contributed by atoms with E-state index in [1.807, 2.05) is 42.9 Å². The van der Waals surface area contributed by atoms with Crippen molar-refractivity contribution in [3.63, 3.8) is 0 Å². The van der Waals surface area contributed by atoms with Crippen LogP contribution in [0.2, 0.25) is 0 Å². The maximum absolute atomic E-state index is 5.96. The van der Waals surface area contributed by atoms with Crippen molar-refractivity contribution in [3.8, 4) is 0 Å². The molecule has 0 saturated carbocycles. The SMILES string of the molecule is CC(C)(N)Cn1ncc2ccc(N)cc21. The van der Waals surface area contributed by atoms with E-state index < -0.39 is 0 Å². The van der Waals surface area contributed by atoms with E-state index in [1.165, 1.54) is 0 Å². The Morgan fingerprint density at radius 1 is 1.40 bits per heavy atom. The van der Waals surface area contributed by atoms with E-state index in [9.17, 15) is 0 Å². The topological polar surface area (TPSA) is 69.9 Å². The minimum Gasteiger partial charge on any atom is -0.399 e. The molecule has 1 heterocycles. The molecule has 0 atom stereocenters. The number of hydrogen-bond acceptors (Lipinski definition) is 3. The van der Waals surface area contributed by atoms with Crippen LogP contribution < -0.4 is 11.5 Å². The number of hydrogen-bond donors (Lipinski definition) is 2. The van der Waals surface area contributed by atoms with Crippen LogP contribution in [0.25, 0.3) is 10.9 Å². The average molecular weight is 204 g/mol. The summed E-state index contributed by atoms with van der Waals surface area (Å²) in [5.74, 6) is 0. The molecule has 0 fully saturated rings.